The molecule has 2 aromatic carbocycles. The average Bonchev–Trinajstić information content (AvgIpc) is 3.08. The number of nitrogens with zero attached hydrogens (tertiary/aromatic N) is 2. The first-order valence-corrected chi connectivity index (χ1v) is 9.09. The van der Waals surface area contributed by atoms with Crippen molar-refractivity contribution in [3.8, 4) is 5.75 Å². The van der Waals surface area contributed by atoms with Gasteiger partial charge in [0.25, 0.3) is 5.91 Å². The molecule has 0 fully saturated rings. The topological polar surface area (TPSA) is 82.4 Å². The van der Waals surface area contributed by atoms with Crippen LogP contribution in [0.1, 0.15) is 37.5 Å². The number of methoxy groups -OCH3 is 1. The Bertz CT molecular complexity index is 1060. The molecule has 1 heterocycles. The van der Waals surface area contributed by atoms with Gasteiger partial charge in [-0.2, -0.15) is 5.10 Å². The number of anilines is 1. The Morgan fingerprint density at radius 3 is 2.69 bits per heavy atom. The summed E-state index contributed by atoms with van der Waals surface area (Å²) in [4.78, 5) is 24.6. The predicted molar refractivity (Wildman–Crippen MR) is 109 cm³/mol. The molecule has 0 bridgehead atoms. The van der Waals surface area contributed by atoms with Crippen LogP contribution in [-0.4, -0.2) is 28.8 Å². The van der Waals surface area contributed by atoms with E-state index in [0.29, 0.717) is 17.9 Å². The van der Waals surface area contributed by atoms with Crippen LogP contribution >= 0.6 is 0 Å². The van der Waals surface area contributed by atoms with Gasteiger partial charge in [0.15, 0.2) is 5.69 Å². The van der Waals surface area contributed by atoms with E-state index >= 15 is 0 Å². The molecule has 0 aliphatic rings. The number of rotatable bonds is 6. The van der Waals surface area contributed by atoms with E-state index in [9.17, 15) is 9.59 Å². The SMILES string of the molecule is COC(=O)c1c(NC(=O)c2cccc(COc3cc(C)ccc3C)c2)cnn1C. The summed E-state index contributed by atoms with van der Waals surface area (Å²) < 4.78 is 12.0. The molecule has 29 heavy (non-hydrogen) atoms. The minimum atomic E-state index is -0.573. The van der Waals surface area contributed by atoms with Gasteiger partial charge in [-0.05, 0) is 48.7 Å². The first-order valence-electron chi connectivity index (χ1n) is 9.09. The number of carbonyl (C=O) groups is 2. The molecular formula is C22H23N3O4. The molecule has 3 rings (SSSR count). The largest absolute Gasteiger partial charge is 0.489 e. The molecule has 1 amide bonds. The van der Waals surface area contributed by atoms with Gasteiger partial charge in [-0.25, -0.2) is 4.79 Å². The normalized spacial score (nSPS) is 10.5. The highest BCUT2D eigenvalue weighted by Crippen LogP contribution is 2.21. The Kier molecular flexibility index (Phi) is 5.97. The average molecular weight is 393 g/mol. The van der Waals surface area contributed by atoms with Gasteiger partial charge in [0.05, 0.1) is 19.0 Å². The number of nitrogens with one attached hydrogen (secondary N) is 1. The molecule has 7 heteroatoms. The molecule has 3 aromatic rings. The standard InChI is InChI=1S/C22H23N3O4/c1-14-8-9-15(2)19(10-14)29-13-16-6-5-7-17(11-16)21(26)24-18-12-23-25(3)20(18)22(27)28-4/h5-12H,13H2,1-4H3,(H,24,26). The van der Waals surface area contributed by atoms with Crippen LogP contribution in [0.25, 0.3) is 0 Å². The molecule has 0 saturated heterocycles. The Morgan fingerprint density at radius 2 is 1.93 bits per heavy atom. The third-order valence-corrected chi connectivity index (χ3v) is 4.49. The number of aromatic nitrogens is 2. The van der Waals surface area contributed by atoms with Crippen molar-refractivity contribution in [2.75, 3.05) is 12.4 Å². The van der Waals surface area contributed by atoms with Crippen molar-refractivity contribution in [2.24, 2.45) is 7.05 Å². The van der Waals surface area contributed by atoms with Gasteiger partial charge in [-0.1, -0.05) is 24.3 Å². The smallest absolute Gasteiger partial charge is 0.358 e. The fourth-order valence-corrected chi connectivity index (χ4v) is 2.89. The molecule has 0 spiro atoms. The second-order valence-electron chi connectivity index (χ2n) is 6.73. The summed E-state index contributed by atoms with van der Waals surface area (Å²) in [5, 5.41) is 6.73. The van der Waals surface area contributed by atoms with Crippen LogP contribution in [0.2, 0.25) is 0 Å². The highest BCUT2D eigenvalue weighted by Gasteiger charge is 2.19. The van der Waals surface area contributed by atoms with Crippen LogP contribution in [0, 0.1) is 13.8 Å². The van der Waals surface area contributed by atoms with E-state index < -0.39 is 5.97 Å². The Labute approximate surface area is 169 Å². The summed E-state index contributed by atoms with van der Waals surface area (Å²) >= 11 is 0. The lowest BCUT2D eigenvalue weighted by Crippen LogP contribution is -2.16. The zero-order valence-corrected chi connectivity index (χ0v) is 16.9. The first kappa shape index (κ1) is 20.1. The number of esters is 1. The van der Waals surface area contributed by atoms with Crippen molar-refractivity contribution in [3.63, 3.8) is 0 Å². The highest BCUT2D eigenvalue weighted by molar-refractivity contribution is 6.07. The number of ether oxygens (including phenoxy) is 2. The van der Waals surface area contributed by atoms with Crippen LogP contribution in [0.4, 0.5) is 5.69 Å². The zero-order chi connectivity index (χ0) is 21.0. The number of aryl methyl sites for hydroxylation is 3. The van der Waals surface area contributed by atoms with E-state index in [1.54, 1.807) is 25.2 Å². The number of carbonyl (C=O) groups excluding carboxylic acids is 2. The van der Waals surface area contributed by atoms with Crippen LogP contribution in [0.3, 0.4) is 0 Å². The number of amides is 1. The van der Waals surface area contributed by atoms with E-state index in [1.807, 2.05) is 38.1 Å². The Balaban J connectivity index is 1.73. The maximum absolute atomic E-state index is 12.7. The molecule has 0 aliphatic heterocycles. The number of hydrogen-bond acceptors (Lipinski definition) is 5. The number of hydrogen-bond donors (Lipinski definition) is 1. The second-order valence-corrected chi connectivity index (χ2v) is 6.73. The summed E-state index contributed by atoms with van der Waals surface area (Å²) in [7, 11) is 2.88. The van der Waals surface area contributed by atoms with Crippen LogP contribution < -0.4 is 10.1 Å². The fraction of sp³-hybridized carbons (Fsp3) is 0.227. The molecule has 7 nitrogen and oxygen atoms in total. The summed E-state index contributed by atoms with van der Waals surface area (Å²) in [6.07, 6.45) is 1.41. The van der Waals surface area contributed by atoms with Gasteiger partial charge >= 0.3 is 5.97 Å². The van der Waals surface area contributed by atoms with Gasteiger partial charge in [0.2, 0.25) is 0 Å². The minimum Gasteiger partial charge on any atom is -0.489 e. The van der Waals surface area contributed by atoms with Gasteiger partial charge in [0.1, 0.15) is 12.4 Å². The minimum absolute atomic E-state index is 0.176. The summed E-state index contributed by atoms with van der Waals surface area (Å²) in [5.74, 6) is -0.106. The van der Waals surface area contributed by atoms with Gasteiger partial charge < -0.3 is 14.8 Å². The molecule has 0 atom stereocenters. The number of benzene rings is 2. The van der Waals surface area contributed by atoms with E-state index in [4.69, 9.17) is 9.47 Å². The highest BCUT2D eigenvalue weighted by atomic mass is 16.5. The van der Waals surface area contributed by atoms with Crippen LogP contribution in [0.5, 0.6) is 5.75 Å². The van der Waals surface area contributed by atoms with Gasteiger partial charge in [-0.15, -0.1) is 0 Å². The molecule has 0 saturated carbocycles. The Morgan fingerprint density at radius 1 is 1.14 bits per heavy atom. The molecule has 0 radical (unpaired) electrons. The molecule has 150 valence electrons. The molecule has 1 aromatic heterocycles. The fourth-order valence-electron chi connectivity index (χ4n) is 2.89. The van der Waals surface area contributed by atoms with Crippen molar-refractivity contribution >= 4 is 17.6 Å². The monoisotopic (exact) mass is 393 g/mol. The predicted octanol–water partition coefficient (Wildman–Crippen LogP) is 3.65. The molecule has 1 N–H and O–H groups in total. The van der Waals surface area contributed by atoms with Crippen molar-refractivity contribution in [2.45, 2.75) is 20.5 Å². The van der Waals surface area contributed by atoms with Crippen LogP contribution in [-0.2, 0) is 18.4 Å². The lowest BCUT2D eigenvalue weighted by molar-refractivity contribution is 0.0589. The zero-order valence-electron chi connectivity index (χ0n) is 16.9. The van der Waals surface area contributed by atoms with Crippen molar-refractivity contribution in [3.05, 3.63) is 76.6 Å². The van der Waals surface area contributed by atoms with Crippen molar-refractivity contribution in [1.82, 2.24) is 9.78 Å². The van der Waals surface area contributed by atoms with E-state index in [1.165, 1.54) is 18.0 Å². The quantitative estimate of drug-likeness (QED) is 0.647. The van der Waals surface area contributed by atoms with Gasteiger partial charge in [0, 0.05) is 12.6 Å². The van der Waals surface area contributed by atoms with Crippen LogP contribution in [0.15, 0.2) is 48.7 Å². The first-order chi connectivity index (χ1) is 13.9. The van der Waals surface area contributed by atoms with E-state index in [0.717, 1.165) is 22.4 Å². The maximum atomic E-state index is 12.7. The van der Waals surface area contributed by atoms with E-state index in [2.05, 4.69) is 10.4 Å². The molecular weight excluding hydrogens is 370 g/mol. The summed E-state index contributed by atoms with van der Waals surface area (Å²) in [5.41, 5.74) is 3.95. The van der Waals surface area contributed by atoms with Gasteiger partial charge in [-0.3, -0.25) is 9.48 Å². The van der Waals surface area contributed by atoms with Crippen molar-refractivity contribution < 1.29 is 19.1 Å². The maximum Gasteiger partial charge on any atom is 0.358 e. The molecule has 0 unspecified atom stereocenters. The van der Waals surface area contributed by atoms with E-state index in [-0.39, 0.29) is 11.6 Å². The van der Waals surface area contributed by atoms with Crippen molar-refractivity contribution in [1.29, 1.82) is 0 Å². The molecule has 0 aliphatic carbocycles. The summed E-state index contributed by atoms with van der Waals surface area (Å²) in [6, 6.07) is 13.2. The lowest BCUT2D eigenvalue weighted by Gasteiger charge is -2.11. The third-order valence-electron chi connectivity index (χ3n) is 4.49. The third kappa shape index (κ3) is 4.63. The second kappa shape index (κ2) is 8.60. The summed E-state index contributed by atoms with van der Waals surface area (Å²) in [6.45, 7) is 4.34. The Hall–Kier alpha value is -3.61. The lowest BCUT2D eigenvalue weighted by atomic mass is 10.1.